The number of halogens is 2. The molecule has 7 heteroatoms. The number of piperazine rings is 1. The Morgan fingerprint density at radius 2 is 2.05 bits per heavy atom. The molecule has 1 aliphatic rings. The second-order valence-corrected chi connectivity index (χ2v) is 4.92. The first-order valence-electron chi connectivity index (χ1n) is 6.67. The molecule has 21 heavy (non-hydrogen) atoms. The van der Waals surface area contributed by atoms with Crippen LogP contribution in [0.5, 0.6) is 0 Å². The van der Waals surface area contributed by atoms with E-state index in [1.807, 2.05) is 0 Å². The van der Waals surface area contributed by atoms with Gasteiger partial charge in [0.2, 0.25) is 11.8 Å². The summed E-state index contributed by atoms with van der Waals surface area (Å²) < 4.78 is 26.3. The molecule has 114 valence electrons. The summed E-state index contributed by atoms with van der Waals surface area (Å²) in [6.45, 7) is 1.09. The Kier molecular flexibility index (Phi) is 4.85. The van der Waals surface area contributed by atoms with Crippen molar-refractivity contribution >= 4 is 11.8 Å². The summed E-state index contributed by atoms with van der Waals surface area (Å²) in [6, 6.07) is 2.59. The zero-order valence-electron chi connectivity index (χ0n) is 11.7. The highest BCUT2D eigenvalue weighted by molar-refractivity contribution is 5.88. The molecule has 1 aromatic rings. The molecule has 1 saturated heterocycles. The SMILES string of the molecule is CNC(=O)CC1NCCN(Cc2cc(F)cc(F)c2)C1=O. The molecule has 1 aliphatic heterocycles. The van der Waals surface area contributed by atoms with E-state index in [0.717, 1.165) is 6.07 Å². The minimum Gasteiger partial charge on any atom is -0.359 e. The molecule has 2 rings (SSSR count). The lowest BCUT2D eigenvalue weighted by atomic mass is 10.1. The fourth-order valence-corrected chi connectivity index (χ4v) is 2.32. The lowest BCUT2D eigenvalue weighted by Crippen LogP contribution is -2.55. The molecule has 0 aromatic heterocycles. The van der Waals surface area contributed by atoms with E-state index < -0.39 is 17.7 Å². The quantitative estimate of drug-likeness (QED) is 0.846. The Morgan fingerprint density at radius 3 is 2.67 bits per heavy atom. The number of benzene rings is 1. The van der Waals surface area contributed by atoms with Crippen LogP contribution in [0.4, 0.5) is 8.78 Å². The predicted octanol–water partition coefficient (Wildman–Crippen LogP) is 0.401. The summed E-state index contributed by atoms with van der Waals surface area (Å²) >= 11 is 0. The second kappa shape index (κ2) is 6.62. The zero-order chi connectivity index (χ0) is 15.4. The van der Waals surface area contributed by atoms with Crippen LogP contribution in [0.2, 0.25) is 0 Å². The van der Waals surface area contributed by atoms with Crippen molar-refractivity contribution in [3.05, 3.63) is 35.4 Å². The lowest BCUT2D eigenvalue weighted by Gasteiger charge is -2.33. The molecule has 1 aromatic carbocycles. The number of nitrogens with zero attached hydrogens (tertiary/aromatic N) is 1. The van der Waals surface area contributed by atoms with Crippen molar-refractivity contribution in [1.29, 1.82) is 0 Å². The minimum absolute atomic E-state index is 0.0450. The molecule has 5 nitrogen and oxygen atoms in total. The van der Waals surface area contributed by atoms with Gasteiger partial charge in [-0.25, -0.2) is 8.78 Å². The van der Waals surface area contributed by atoms with Gasteiger partial charge in [-0.2, -0.15) is 0 Å². The van der Waals surface area contributed by atoms with Gasteiger partial charge >= 0.3 is 0 Å². The largest absolute Gasteiger partial charge is 0.359 e. The summed E-state index contributed by atoms with van der Waals surface area (Å²) in [5.41, 5.74) is 0.390. The van der Waals surface area contributed by atoms with E-state index in [9.17, 15) is 18.4 Å². The van der Waals surface area contributed by atoms with Crippen LogP contribution < -0.4 is 10.6 Å². The smallest absolute Gasteiger partial charge is 0.240 e. The van der Waals surface area contributed by atoms with Crippen LogP contribution in [0.1, 0.15) is 12.0 Å². The Bertz CT molecular complexity index is 531. The van der Waals surface area contributed by atoms with Crippen LogP contribution in [0.15, 0.2) is 18.2 Å². The minimum atomic E-state index is -0.672. The predicted molar refractivity (Wildman–Crippen MR) is 72.2 cm³/mol. The van der Waals surface area contributed by atoms with Crippen LogP contribution in [0, 0.1) is 11.6 Å². The van der Waals surface area contributed by atoms with E-state index in [2.05, 4.69) is 10.6 Å². The molecular formula is C14H17F2N3O2. The van der Waals surface area contributed by atoms with Gasteiger partial charge in [0.05, 0.1) is 12.5 Å². The van der Waals surface area contributed by atoms with Gasteiger partial charge in [-0.1, -0.05) is 0 Å². The monoisotopic (exact) mass is 297 g/mol. The lowest BCUT2D eigenvalue weighted by molar-refractivity contribution is -0.138. The zero-order valence-corrected chi connectivity index (χ0v) is 11.7. The first-order chi connectivity index (χ1) is 9.99. The molecule has 1 atom stereocenters. The standard InChI is InChI=1S/C14H17F2N3O2/c1-17-13(20)7-12-14(21)19(3-2-18-12)8-9-4-10(15)6-11(16)5-9/h4-6,12,18H,2-3,7-8H2,1H3,(H,17,20). The van der Waals surface area contributed by atoms with Crippen LogP contribution in [-0.4, -0.2) is 42.9 Å². The third kappa shape index (κ3) is 3.98. The van der Waals surface area contributed by atoms with E-state index in [1.165, 1.54) is 24.1 Å². The molecule has 0 aliphatic carbocycles. The first-order valence-corrected chi connectivity index (χ1v) is 6.67. The Labute approximate surface area is 121 Å². The number of rotatable bonds is 4. The van der Waals surface area contributed by atoms with Crippen LogP contribution in [-0.2, 0) is 16.1 Å². The normalized spacial score (nSPS) is 18.7. The number of hydrogen-bond donors (Lipinski definition) is 2. The van der Waals surface area contributed by atoms with Gasteiger partial charge in [0, 0.05) is 32.7 Å². The molecule has 0 bridgehead atoms. The number of carbonyl (C=O) groups is 2. The highest BCUT2D eigenvalue weighted by Gasteiger charge is 2.29. The van der Waals surface area contributed by atoms with Crippen LogP contribution in [0.25, 0.3) is 0 Å². The molecule has 1 fully saturated rings. The van der Waals surface area contributed by atoms with Gasteiger partial charge in [0.15, 0.2) is 0 Å². The number of amides is 2. The van der Waals surface area contributed by atoms with E-state index in [1.54, 1.807) is 0 Å². The van der Waals surface area contributed by atoms with Crippen molar-refractivity contribution in [1.82, 2.24) is 15.5 Å². The summed E-state index contributed by atoms with van der Waals surface area (Å²) in [4.78, 5) is 25.1. The Balaban J connectivity index is 2.05. The average molecular weight is 297 g/mol. The average Bonchev–Trinajstić information content (AvgIpc) is 2.42. The van der Waals surface area contributed by atoms with Crippen LogP contribution in [0.3, 0.4) is 0 Å². The van der Waals surface area contributed by atoms with Gasteiger partial charge in [-0.05, 0) is 17.7 Å². The summed E-state index contributed by atoms with van der Waals surface area (Å²) in [5.74, 6) is -1.82. The van der Waals surface area contributed by atoms with Crippen LogP contribution >= 0.6 is 0 Å². The van der Waals surface area contributed by atoms with E-state index in [-0.39, 0.29) is 24.8 Å². The van der Waals surface area contributed by atoms with Crippen molar-refractivity contribution in [3.8, 4) is 0 Å². The van der Waals surface area contributed by atoms with E-state index in [4.69, 9.17) is 0 Å². The molecular weight excluding hydrogens is 280 g/mol. The van der Waals surface area contributed by atoms with E-state index >= 15 is 0 Å². The summed E-state index contributed by atoms with van der Waals surface area (Å²) in [7, 11) is 1.50. The third-order valence-electron chi connectivity index (χ3n) is 3.35. The Morgan fingerprint density at radius 1 is 1.38 bits per heavy atom. The van der Waals surface area contributed by atoms with Crippen molar-refractivity contribution < 1.29 is 18.4 Å². The third-order valence-corrected chi connectivity index (χ3v) is 3.35. The van der Waals surface area contributed by atoms with Gasteiger partial charge in [0.1, 0.15) is 11.6 Å². The Hall–Kier alpha value is -2.02. The maximum Gasteiger partial charge on any atom is 0.240 e. The number of carbonyl (C=O) groups excluding carboxylic acids is 2. The molecule has 0 saturated carbocycles. The summed E-state index contributed by atoms with van der Waals surface area (Å²) in [6.07, 6.45) is 0.0450. The maximum absolute atomic E-state index is 13.2. The van der Waals surface area contributed by atoms with Crippen molar-refractivity contribution in [3.63, 3.8) is 0 Å². The van der Waals surface area contributed by atoms with Crippen molar-refractivity contribution in [2.24, 2.45) is 0 Å². The van der Waals surface area contributed by atoms with Gasteiger partial charge in [0.25, 0.3) is 0 Å². The van der Waals surface area contributed by atoms with Gasteiger partial charge < -0.3 is 15.5 Å². The molecule has 0 radical (unpaired) electrons. The highest BCUT2D eigenvalue weighted by Crippen LogP contribution is 2.13. The van der Waals surface area contributed by atoms with E-state index in [0.29, 0.717) is 18.7 Å². The highest BCUT2D eigenvalue weighted by atomic mass is 19.1. The molecule has 1 heterocycles. The van der Waals surface area contributed by atoms with Crippen molar-refractivity contribution in [2.45, 2.75) is 19.0 Å². The fourth-order valence-electron chi connectivity index (χ4n) is 2.32. The molecule has 1 unspecified atom stereocenters. The first kappa shape index (κ1) is 15.4. The van der Waals surface area contributed by atoms with Gasteiger partial charge in [-0.15, -0.1) is 0 Å². The molecule has 0 spiro atoms. The molecule has 2 amide bonds. The number of hydrogen-bond acceptors (Lipinski definition) is 3. The fraction of sp³-hybridized carbons (Fsp3) is 0.429. The topological polar surface area (TPSA) is 61.4 Å². The number of nitrogens with one attached hydrogen (secondary N) is 2. The maximum atomic E-state index is 13.2. The second-order valence-electron chi connectivity index (χ2n) is 4.92. The summed E-state index contributed by atoms with van der Waals surface area (Å²) in [5, 5.41) is 5.44. The van der Waals surface area contributed by atoms with Gasteiger partial charge in [-0.3, -0.25) is 9.59 Å². The van der Waals surface area contributed by atoms with Crippen molar-refractivity contribution in [2.75, 3.05) is 20.1 Å². The molecule has 2 N–H and O–H groups in total.